The monoisotopic (exact) mass is 302 g/mol. The number of thioether (sulfide) groups is 1. The normalized spacial score (nSPS) is 14.1. The lowest BCUT2D eigenvalue weighted by Gasteiger charge is -2.07. The van der Waals surface area contributed by atoms with E-state index in [1.54, 1.807) is 18.9 Å². The summed E-state index contributed by atoms with van der Waals surface area (Å²) in [7, 11) is 1.67. The molecule has 0 bridgehead atoms. The summed E-state index contributed by atoms with van der Waals surface area (Å²) in [4.78, 5) is 11.5. The highest BCUT2D eigenvalue weighted by atomic mass is 32.2. The minimum atomic E-state index is 0.566. The van der Waals surface area contributed by atoms with Crippen LogP contribution in [-0.2, 0) is 4.79 Å². The van der Waals surface area contributed by atoms with E-state index in [1.165, 1.54) is 12.8 Å². The van der Waals surface area contributed by atoms with Gasteiger partial charge in [-0.3, -0.25) is 4.68 Å². The van der Waals surface area contributed by atoms with Crippen molar-refractivity contribution in [1.82, 2.24) is 9.78 Å². The summed E-state index contributed by atoms with van der Waals surface area (Å²) in [5.74, 6) is 1.62. The van der Waals surface area contributed by atoms with Crippen molar-refractivity contribution >= 4 is 18.0 Å². The fourth-order valence-corrected chi connectivity index (χ4v) is 3.05. The Kier molecular flexibility index (Phi) is 4.29. The number of carbonyl (C=O) groups excluding carboxylic acids is 1. The average Bonchev–Trinajstić information content (AvgIpc) is 3.24. The first-order chi connectivity index (χ1) is 10.3. The number of nitrogens with zero attached hydrogens (tertiary/aromatic N) is 2. The number of hydrogen-bond acceptors (Lipinski definition) is 4. The molecule has 1 saturated carbocycles. The van der Waals surface area contributed by atoms with Crippen molar-refractivity contribution in [3.05, 3.63) is 30.6 Å². The summed E-state index contributed by atoms with van der Waals surface area (Å²) in [5.41, 5.74) is 2.22. The summed E-state index contributed by atoms with van der Waals surface area (Å²) in [6, 6.07) is 6.75. The van der Waals surface area contributed by atoms with Crippen molar-refractivity contribution < 1.29 is 9.53 Å². The standard InChI is InChI=1S/C16H18N2O2S/c1-20-15-7-12(8-16(9-15)21-6-2-5-19)13-10-17-18(11-13)14-3-4-14/h5,7-11,14H,2-4,6H2,1H3. The van der Waals surface area contributed by atoms with Crippen molar-refractivity contribution in [2.45, 2.75) is 30.2 Å². The van der Waals surface area contributed by atoms with Gasteiger partial charge in [0.15, 0.2) is 0 Å². The third-order valence-electron chi connectivity index (χ3n) is 3.48. The highest BCUT2D eigenvalue weighted by Gasteiger charge is 2.24. The molecule has 1 aliphatic carbocycles. The second kappa shape index (κ2) is 6.35. The molecular weight excluding hydrogens is 284 g/mol. The zero-order valence-corrected chi connectivity index (χ0v) is 12.8. The molecule has 1 aromatic carbocycles. The molecule has 0 amide bonds. The van der Waals surface area contributed by atoms with Crippen LogP contribution < -0.4 is 4.74 Å². The second-order valence-electron chi connectivity index (χ2n) is 5.14. The number of carbonyl (C=O) groups is 1. The first-order valence-electron chi connectivity index (χ1n) is 7.10. The Balaban J connectivity index is 1.84. The Labute approximate surface area is 128 Å². The highest BCUT2D eigenvalue weighted by Crippen LogP contribution is 2.36. The maximum atomic E-state index is 10.4. The van der Waals surface area contributed by atoms with Crippen molar-refractivity contribution in [1.29, 1.82) is 0 Å². The van der Waals surface area contributed by atoms with E-state index in [2.05, 4.69) is 17.4 Å². The van der Waals surface area contributed by atoms with Gasteiger partial charge in [0.05, 0.1) is 19.3 Å². The molecule has 0 N–H and O–H groups in total. The van der Waals surface area contributed by atoms with Crippen LogP contribution in [0.15, 0.2) is 35.5 Å². The summed E-state index contributed by atoms with van der Waals surface area (Å²) in [6.45, 7) is 0. The van der Waals surface area contributed by atoms with Gasteiger partial charge in [-0.15, -0.1) is 11.8 Å². The van der Waals surface area contributed by atoms with Crippen LogP contribution in [0.5, 0.6) is 5.75 Å². The molecule has 1 aliphatic rings. The third kappa shape index (κ3) is 3.47. The van der Waals surface area contributed by atoms with Gasteiger partial charge >= 0.3 is 0 Å². The van der Waals surface area contributed by atoms with Crippen LogP contribution in [-0.4, -0.2) is 28.9 Å². The van der Waals surface area contributed by atoms with E-state index in [-0.39, 0.29) is 0 Å². The second-order valence-corrected chi connectivity index (χ2v) is 6.31. The number of methoxy groups -OCH3 is 1. The van der Waals surface area contributed by atoms with Crippen molar-refractivity contribution in [3.8, 4) is 16.9 Å². The minimum absolute atomic E-state index is 0.566. The van der Waals surface area contributed by atoms with Gasteiger partial charge in [0.25, 0.3) is 0 Å². The van der Waals surface area contributed by atoms with Crippen LogP contribution in [0.1, 0.15) is 25.3 Å². The van der Waals surface area contributed by atoms with E-state index in [1.807, 2.05) is 23.0 Å². The number of aromatic nitrogens is 2. The van der Waals surface area contributed by atoms with Crippen molar-refractivity contribution in [2.75, 3.05) is 12.9 Å². The third-order valence-corrected chi connectivity index (χ3v) is 4.48. The SMILES string of the molecule is COc1cc(SCCC=O)cc(-c2cnn(C3CC3)c2)c1. The predicted octanol–water partition coefficient (Wildman–Crippen LogP) is 3.57. The van der Waals surface area contributed by atoms with E-state index < -0.39 is 0 Å². The largest absolute Gasteiger partial charge is 0.497 e. The first kappa shape index (κ1) is 14.2. The van der Waals surface area contributed by atoms with Crippen LogP contribution in [0.25, 0.3) is 11.1 Å². The molecule has 0 atom stereocenters. The lowest BCUT2D eigenvalue weighted by molar-refractivity contribution is -0.107. The van der Waals surface area contributed by atoms with Crippen LogP contribution in [0, 0.1) is 0 Å². The minimum Gasteiger partial charge on any atom is -0.497 e. The molecule has 0 spiro atoms. The Morgan fingerprint density at radius 2 is 2.24 bits per heavy atom. The molecule has 1 fully saturated rings. The molecule has 5 heteroatoms. The zero-order valence-electron chi connectivity index (χ0n) is 12.0. The summed E-state index contributed by atoms with van der Waals surface area (Å²) >= 11 is 1.67. The van der Waals surface area contributed by atoms with Gasteiger partial charge < -0.3 is 9.53 Å². The number of aldehydes is 1. The molecule has 3 rings (SSSR count). The number of ether oxygens (including phenoxy) is 1. The van der Waals surface area contributed by atoms with Gasteiger partial charge in [-0.05, 0) is 36.6 Å². The number of benzene rings is 1. The van der Waals surface area contributed by atoms with Crippen LogP contribution >= 0.6 is 11.8 Å². The molecule has 21 heavy (non-hydrogen) atoms. The van der Waals surface area contributed by atoms with Gasteiger partial charge in [-0.2, -0.15) is 5.10 Å². The van der Waals surface area contributed by atoms with Crippen LogP contribution in [0.3, 0.4) is 0 Å². The maximum Gasteiger partial charge on any atom is 0.120 e. The van der Waals surface area contributed by atoms with Crippen LogP contribution in [0.2, 0.25) is 0 Å². The van der Waals surface area contributed by atoms with Gasteiger partial charge in [0.2, 0.25) is 0 Å². The fraction of sp³-hybridized carbons (Fsp3) is 0.375. The lowest BCUT2D eigenvalue weighted by atomic mass is 10.1. The Bertz CT molecular complexity index is 635. The molecule has 0 unspecified atom stereocenters. The topological polar surface area (TPSA) is 44.1 Å². The Hall–Kier alpha value is -1.75. The quantitative estimate of drug-likeness (QED) is 0.445. The van der Waals surface area contributed by atoms with Crippen LogP contribution in [0.4, 0.5) is 0 Å². The Morgan fingerprint density at radius 1 is 1.38 bits per heavy atom. The molecule has 0 radical (unpaired) electrons. The predicted molar refractivity (Wildman–Crippen MR) is 83.9 cm³/mol. The lowest BCUT2D eigenvalue weighted by Crippen LogP contribution is -1.92. The van der Waals surface area contributed by atoms with E-state index in [9.17, 15) is 4.79 Å². The van der Waals surface area contributed by atoms with Gasteiger partial charge in [0, 0.05) is 28.8 Å². The molecule has 2 aromatic rings. The molecular formula is C16H18N2O2S. The van der Waals surface area contributed by atoms with Crippen molar-refractivity contribution in [3.63, 3.8) is 0 Å². The number of hydrogen-bond donors (Lipinski definition) is 0. The van der Waals surface area contributed by atoms with Crippen molar-refractivity contribution in [2.24, 2.45) is 0 Å². The average molecular weight is 302 g/mol. The highest BCUT2D eigenvalue weighted by molar-refractivity contribution is 7.99. The van der Waals surface area contributed by atoms with E-state index in [0.29, 0.717) is 12.5 Å². The van der Waals surface area contributed by atoms with E-state index >= 15 is 0 Å². The van der Waals surface area contributed by atoms with Gasteiger partial charge in [-0.25, -0.2) is 0 Å². The van der Waals surface area contributed by atoms with E-state index in [4.69, 9.17) is 4.74 Å². The first-order valence-corrected chi connectivity index (χ1v) is 8.09. The molecule has 1 heterocycles. The molecule has 0 saturated heterocycles. The summed E-state index contributed by atoms with van der Waals surface area (Å²) < 4.78 is 7.43. The van der Waals surface area contributed by atoms with Gasteiger partial charge in [-0.1, -0.05) is 0 Å². The van der Waals surface area contributed by atoms with E-state index in [0.717, 1.165) is 33.8 Å². The number of rotatable bonds is 7. The molecule has 1 aromatic heterocycles. The summed E-state index contributed by atoms with van der Waals surface area (Å²) in [5, 5.41) is 4.44. The summed E-state index contributed by atoms with van der Waals surface area (Å²) in [6.07, 6.45) is 7.99. The van der Waals surface area contributed by atoms with Gasteiger partial charge in [0.1, 0.15) is 12.0 Å². The maximum absolute atomic E-state index is 10.4. The zero-order chi connectivity index (χ0) is 14.7. The Morgan fingerprint density at radius 3 is 2.95 bits per heavy atom. The molecule has 4 nitrogen and oxygen atoms in total. The fourth-order valence-electron chi connectivity index (χ4n) is 2.19. The molecule has 110 valence electrons. The smallest absolute Gasteiger partial charge is 0.120 e. The molecule has 0 aliphatic heterocycles.